The van der Waals surface area contributed by atoms with Gasteiger partial charge in [0, 0.05) is 0 Å². The monoisotopic (exact) mass is 298 g/mol. The molecule has 3 N–H and O–H groups in total. The molecule has 0 fully saturated rings. The van der Waals surface area contributed by atoms with Gasteiger partial charge in [0.2, 0.25) is 11.8 Å². The maximum atomic E-state index is 13.1. The van der Waals surface area contributed by atoms with Crippen molar-refractivity contribution in [3.8, 4) is 11.9 Å². The van der Waals surface area contributed by atoms with Gasteiger partial charge in [0.1, 0.15) is 23.3 Å². The van der Waals surface area contributed by atoms with Crippen molar-refractivity contribution in [3.63, 3.8) is 0 Å². The molecule has 0 bridgehead atoms. The molecule has 3 rings (SSSR count). The van der Waals surface area contributed by atoms with Gasteiger partial charge in [-0.3, -0.25) is 4.79 Å². The Hall–Kier alpha value is -3.14. The molecule has 1 atom stereocenters. The fourth-order valence-corrected chi connectivity index (χ4v) is 2.46. The zero-order valence-electron chi connectivity index (χ0n) is 11.6. The molecule has 6 nitrogen and oxygen atoms in total. The Morgan fingerprint density at radius 2 is 2.09 bits per heavy atom. The van der Waals surface area contributed by atoms with Crippen LogP contribution in [0.4, 0.5) is 4.39 Å². The number of nitrogens with zero attached hydrogens (tertiary/aromatic N) is 2. The number of nitriles is 1. The van der Waals surface area contributed by atoms with E-state index in [1.807, 2.05) is 6.07 Å². The number of fused-ring (bicyclic) bond motifs is 1. The Labute approximate surface area is 124 Å². The first-order valence-corrected chi connectivity index (χ1v) is 6.45. The molecule has 0 radical (unpaired) electrons. The van der Waals surface area contributed by atoms with Crippen molar-refractivity contribution in [3.05, 3.63) is 68.8 Å². The van der Waals surface area contributed by atoms with Crippen LogP contribution in [-0.2, 0) is 0 Å². The number of allylic oxidation sites excluding steroid dienone is 1. The molecule has 1 aliphatic rings. The number of H-pyrrole nitrogens is 1. The summed E-state index contributed by atoms with van der Waals surface area (Å²) in [7, 11) is 0. The van der Waals surface area contributed by atoms with Gasteiger partial charge in [0.05, 0.1) is 11.5 Å². The third-order valence-corrected chi connectivity index (χ3v) is 3.41. The molecule has 1 aliphatic heterocycles. The minimum atomic E-state index is -0.744. The Bertz CT molecular complexity index is 878. The van der Waals surface area contributed by atoms with E-state index in [0.717, 1.165) is 0 Å². The summed E-state index contributed by atoms with van der Waals surface area (Å²) in [5, 5.41) is 9.34. The lowest BCUT2D eigenvalue weighted by atomic mass is 9.85. The molecule has 0 saturated heterocycles. The Morgan fingerprint density at radius 3 is 2.73 bits per heavy atom. The first-order chi connectivity index (χ1) is 10.5. The number of nitrogens with two attached hydrogens (primary N) is 1. The van der Waals surface area contributed by atoms with Gasteiger partial charge in [-0.2, -0.15) is 10.2 Å². The lowest BCUT2D eigenvalue weighted by Crippen LogP contribution is -2.29. The van der Waals surface area contributed by atoms with E-state index in [1.165, 1.54) is 24.3 Å². The SMILES string of the molecule is Cc1nc2c(c(=O)[nH]1)[C@H](c1ccc(F)cc1)C(C#N)=C(N)O2. The van der Waals surface area contributed by atoms with Gasteiger partial charge in [-0.15, -0.1) is 0 Å². The summed E-state index contributed by atoms with van der Waals surface area (Å²) < 4.78 is 18.4. The van der Waals surface area contributed by atoms with Crippen molar-refractivity contribution in [2.45, 2.75) is 12.8 Å². The van der Waals surface area contributed by atoms with Gasteiger partial charge in [-0.25, -0.2) is 4.39 Å². The number of nitrogens with one attached hydrogen (secondary N) is 1. The molecule has 110 valence electrons. The topological polar surface area (TPSA) is 105 Å². The number of aromatic nitrogens is 2. The Kier molecular flexibility index (Phi) is 3.14. The van der Waals surface area contributed by atoms with Gasteiger partial charge < -0.3 is 15.5 Å². The predicted molar refractivity (Wildman–Crippen MR) is 75.3 cm³/mol. The highest BCUT2D eigenvalue weighted by molar-refractivity contribution is 5.52. The second-order valence-corrected chi connectivity index (χ2v) is 4.85. The van der Waals surface area contributed by atoms with E-state index in [-0.39, 0.29) is 22.9 Å². The number of hydrogen-bond acceptors (Lipinski definition) is 5. The first kappa shape index (κ1) is 13.8. The lowest BCUT2D eigenvalue weighted by Gasteiger charge is -2.24. The minimum absolute atomic E-state index is 0.0621. The zero-order chi connectivity index (χ0) is 15.9. The van der Waals surface area contributed by atoms with Crippen LogP contribution in [0.15, 0.2) is 40.5 Å². The molecular weight excluding hydrogens is 287 g/mol. The van der Waals surface area contributed by atoms with Gasteiger partial charge in [-0.1, -0.05) is 12.1 Å². The average molecular weight is 298 g/mol. The standard InChI is InChI=1S/C15H11FN4O2/c1-7-19-14(21)12-11(8-2-4-9(16)5-3-8)10(6-17)13(18)22-15(12)20-7/h2-5,11H,18H2,1H3,(H,19,20,21)/t11-/m1/s1. The summed E-state index contributed by atoms with van der Waals surface area (Å²) in [6, 6.07) is 7.46. The van der Waals surface area contributed by atoms with Crippen molar-refractivity contribution < 1.29 is 9.13 Å². The van der Waals surface area contributed by atoms with Crippen molar-refractivity contribution in [2.75, 3.05) is 0 Å². The zero-order valence-corrected chi connectivity index (χ0v) is 11.6. The average Bonchev–Trinajstić information content (AvgIpc) is 2.46. The summed E-state index contributed by atoms with van der Waals surface area (Å²) in [5.41, 5.74) is 6.18. The molecule has 0 amide bonds. The van der Waals surface area contributed by atoms with Crippen molar-refractivity contribution in [1.29, 1.82) is 5.26 Å². The molecule has 0 saturated carbocycles. The van der Waals surface area contributed by atoms with Crippen LogP contribution in [-0.4, -0.2) is 9.97 Å². The van der Waals surface area contributed by atoms with E-state index in [9.17, 15) is 14.4 Å². The number of halogens is 1. The molecule has 7 heteroatoms. The van der Waals surface area contributed by atoms with E-state index >= 15 is 0 Å². The third-order valence-electron chi connectivity index (χ3n) is 3.41. The number of aryl methyl sites for hydroxylation is 1. The highest BCUT2D eigenvalue weighted by atomic mass is 19.1. The molecule has 0 spiro atoms. The van der Waals surface area contributed by atoms with Gasteiger partial charge in [-0.05, 0) is 24.6 Å². The number of benzene rings is 1. The van der Waals surface area contributed by atoms with Gasteiger partial charge >= 0.3 is 0 Å². The van der Waals surface area contributed by atoms with Crippen LogP contribution in [0.2, 0.25) is 0 Å². The molecular formula is C15H11FN4O2. The first-order valence-electron chi connectivity index (χ1n) is 6.45. The Balaban J connectivity index is 2.29. The van der Waals surface area contributed by atoms with Crippen LogP contribution in [0.1, 0.15) is 22.9 Å². The second kappa shape index (κ2) is 5.00. The predicted octanol–water partition coefficient (Wildman–Crippen LogP) is 1.44. The van der Waals surface area contributed by atoms with Crippen LogP contribution >= 0.6 is 0 Å². The lowest BCUT2D eigenvalue weighted by molar-refractivity contribution is 0.373. The van der Waals surface area contributed by atoms with E-state index in [1.54, 1.807) is 6.92 Å². The fourth-order valence-electron chi connectivity index (χ4n) is 2.46. The molecule has 2 aromatic rings. The summed E-state index contributed by atoms with van der Waals surface area (Å²) in [6.07, 6.45) is 0. The van der Waals surface area contributed by atoms with E-state index in [2.05, 4.69) is 9.97 Å². The summed E-state index contributed by atoms with van der Waals surface area (Å²) in [5.74, 6) is -0.836. The second-order valence-electron chi connectivity index (χ2n) is 4.85. The normalized spacial score (nSPS) is 16.7. The van der Waals surface area contributed by atoms with Crippen LogP contribution in [0, 0.1) is 24.1 Å². The number of hydrogen-bond donors (Lipinski definition) is 2. The van der Waals surface area contributed by atoms with Crippen LogP contribution < -0.4 is 16.0 Å². The summed E-state index contributed by atoms with van der Waals surface area (Å²) in [4.78, 5) is 19.0. The quantitative estimate of drug-likeness (QED) is 0.828. The van der Waals surface area contributed by atoms with Crippen LogP contribution in [0.3, 0.4) is 0 Å². The minimum Gasteiger partial charge on any atom is -0.422 e. The molecule has 0 unspecified atom stereocenters. The van der Waals surface area contributed by atoms with E-state index < -0.39 is 17.3 Å². The molecule has 0 aliphatic carbocycles. The fraction of sp³-hybridized carbons (Fsp3) is 0.133. The Morgan fingerprint density at radius 1 is 1.41 bits per heavy atom. The maximum Gasteiger partial charge on any atom is 0.258 e. The van der Waals surface area contributed by atoms with Gasteiger partial charge in [0.25, 0.3) is 5.56 Å². The van der Waals surface area contributed by atoms with Gasteiger partial charge in [0.15, 0.2) is 0 Å². The van der Waals surface area contributed by atoms with Crippen molar-refractivity contribution >= 4 is 0 Å². The highest BCUT2D eigenvalue weighted by Gasteiger charge is 2.34. The van der Waals surface area contributed by atoms with Crippen LogP contribution in [0.5, 0.6) is 5.88 Å². The molecule has 22 heavy (non-hydrogen) atoms. The van der Waals surface area contributed by atoms with E-state index in [0.29, 0.717) is 11.4 Å². The highest BCUT2D eigenvalue weighted by Crippen LogP contribution is 2.38. The van der Waals surface area contributed by atoms with Crippen molar-refractivity contribution in [2.24, 2.45) is 5.73 Å². The number of ether oxygens (including phenoxy) is 1. The molecule has 2 heterocycles. The number of rotatable bonds is 1. The molecule has 1 aromatic heterocycles. The maximum absolute atomic E-state index is 13.1. The smallest absolute Gasteiger partial charge is 0.258 e. The summed E-state index contributed by atoms with van der Waals surface area (Å²) in [6.45, 7) is 1.61. The van der Waals surface area contributed by atoms with E-state index in [4.69, 9.17) is 10.5 Å². The third kappa shape index (κ3) is 2.11. The molecule has 1 aromatic carbocycles. The summed E-state index contributed by atoms with van der Waals surface area (Å²) >= 11 is 0. The number of aromatic amines is 1. The van der Waals surface area contributed by atoms with Crippen molar-refractivity contribution in [1.82, 2.24) is 9.97 Å². The van der Waals surface area contributed by atoms with Crippen LogP contribution in [0.25, 0.3) is 0 Å². The largest absolute Gasteiger partial charge is 0.422 e.